The van der Waals surface area contributed by atoms with Gasteiger partial charge in [-0.2, -0.15) is 0 Å². The minimum absolute atomic E-state index is 0.448. The summed E-state index contributed by atoms with van der Waals surface area (Å²) in [5.41, 5.74) is 1.16. The van der Waals surface area contributed by atoms with Gasteiger partial charge in [-0.15, -0.1) is 0 Å². The molecule has 0 spiro atoms. The van der Waals surface area contributed by atoms with Gasteiger partial charge in [0.15, 0.2) is 0 Å². The normalized spacial score (nSPS) is 19.0. The highest BCUT2D eigenvalue weighted by atomic mass is 79.9. The molecule has 1 aliphatic heterocycles. The molecule has 0 radical (unpaired) electrons. The standard InChI is InChI=1S/C15H23BrN2O/c1-2-18(12-13-6-5-11-19-13)10-9-17-15-8-4-3-7-14(15)16/h3-4,7-8,13,17H,2,5-6,9-12H2,1H3. The Morgan fingerprint density at radius 2 is 2.26 bits per heavy atom. The van der Waals surface area contributed by atoms with Crippen LogP contribution in [0.15, 0.2) is 28.7 Å². The van der Waals surface area contributed by atoms with Crippen molar-refractivity contribution in [1.82, 2.24) is 4.90 Å². The summed E-state index contributed by atoms with van der Waals surface area (Å²) < 4.78 is 6.82. The van der Waals surface area contributed by atoms with E-state index in [2.05, 4.69) is 51.3 Å². The minimum atomic E-state index is 0.448. The Bertz CT molecular complexity index is 380. The lowest BCUT2D eigenvalue weighted by Crippen LogP contribution is -2.35. The maximum absolute atomic E-state index is 5.70. The third kappa shape index (κ3) is 4.79. The number of likely N-dealkylation sites (N-methyl/N-ethyl adjacent to an activating group) is 1. The number of halogens is 1. The molecule has 0 bridgehead atoms. The average Bonchev–Trinajstić information content (AvgIpc) is 2.92. The van der Waals surface area contributed by atoms with Crippen LogP contribution in [0.2, 0.25) is 0 Å². The summed E-state index contributed by atoms with van der Waals surface area (Å²) in [6.07, 6.45) is 2.88. The van der Waals surface area contributed by atoms with E-state index in [1.54, 1.807) is 0 Å². The van der Waals surface area contributed by atoms with Crippen molar-refractivity contribution in [2.45, 2.75) is 25.9 Å². The first kappa shape index (κ1) is 14.8. The van der Waals surface area contributed by atoms with Gasteiger partial charge in [-0.1, -0.05) is 19.1 Å². The Balaban J connectivity index is 1.72. The summed E-state index contributed by atoms with van der Waals surface area (Å²) in [6, 6.07) is 8.24. The first-order valence-corrected chi connectivity index (χ1v) is 7.91. The summed E-state index contributed by atoms with van der Waals surface area (Å²) in [5, 5.41) is 3.47. The number of hydrogen-bond acceptors (Lipinski definition) is 3. The molecule has 0 saturated carbocycles. The van der Waals surface area contributed by atoms with E-state index in [4.69, 9.17) is 4.74 Å². The predicted molar refractivity (Wildman–Crippen MR) is 83.7 cm³/mol. The predicted octanol–water partition coefficient (Wildman–Crippen LogP) is 3.36. The number of anilines is 1. The van der Waals surface area contributed by atoms with E-state index in [-0.39, 0.29) is 0 Å². The Morgan fingerprint density at radius 3 is 2.95 bits per heavy atom. The van der Waals surface area contributed by atoms with Crippen LogP contribution in [-0.2, 0) is 4.74 Å². The Morgan fingerprint density at radius 1 is 1.42 bits per heavy atom. The molecule has 1 unspecified atom stereocenters. The zero-order valence-electron chi connectivity index (χ0n) is 11.6. The topological polar surface area (TPSA) is 24.5 Å². The van der Waals surface area contributed by atoms with Crippen molar-refractivity contribution >= 4 is 21.6 Å². The molecule has 1 atom stereocenters. The van der Waals surface area contributed by atoms with E-state index < -0.39 is 0 Å². The third-order valence-corrected chi connectivity index (χ3v) is 4.24. The lowest BCUT2D eigenvalue weighted by Gasteiger charge is -2.24. The second-order valence-corrected chi connectivity index (χ2v) is 5.79. The van der Waals surface area contributed by atoms with Crippen molar-refractivity contribution in [1.29, 1.82) is 0 Å². The Hall–Kier alpha value is -0.580. The van der Waals surface area contributed by atoms with Crippen LogP contribution in [0.4, 0.5) is 5.69 Å². The SMILES string of the molecule is CCN(CCNc1ccccc1Br)CC1CCCO1. The molecule has 1 aromatic rings. The number of benzene rings is 1. The number of para-hydroxylation sites is 1. The summed E-state index contributed by atoms with van der Waals surface area (Å²) in [6.45, 7) is 7.32. The third-order valence-electron chi connectivity index (χ3n) is 3.55. The van der Waals surface area contributed by atoms with E-state index in [1.165, 1.54) is 12.8 Å². The zero-order valence-corrected chi connectivity index (χ0v) is 13.2. The quantitative estimate of drug-likeness (QED) is 0.831. The fraction of sp³-hybridized carbons (Fsp3) is 0.600. The van der Waals surface area contributed by atoms with Crippen LogP contribution in [0.1, 0.15) is 19.8 Å². The van der Waals surface area contributed by atoms with Crippen molar-refractivity contribution in [3.05, 3.63) is 28.7 Å². The van der Waals surface area contributed by atoms with Gasteiger partial charge in [0.2, 0.25) is 0 Å². The van der Waals surface area contributed by atoms with Crippen LogP contribution >= 0.6 is 15.9 Å². The van der Waals surface area contributed by atoms with Gasteiger partial charge in [0.25, 0.3) is 0 Å². The van der Waals surface area contributed by atoms with Gasteiger partial charge in [-0.25, -0.2) is 0 Å². The second kappa shape index (κ2) is 7.88. The Kier molecular flexibility index (Phi) is 6.14. The molecule has 2 rings (SSSR count). The number of nitrogens with one attached hydrogen (secondary N) is 1. The first-order chi connectivity index (χ1) is 9.29. The van der Waals surface area contributed by atoms with E-state index in [0.717, 1.165) is 42.9 Å². The molecule has 0 amide bonds. The molecule has 1 aromatic carbocycles. The van der Waals surface area contributed by atoms with Gasteiger partial charge in [0, 0.05) is 36.4 Å². The van der Waals surface area contributed by atoms with Gasteiger partial charge in [-0.05, 0) is 47.4 Å². The lowest BCUT2D eigenvalue weighted by atomic mass is 10.2. The number of hydrogen-bond donors (Lipinski definition) is 1. The van der Waals surface area contributed by atoms with Gasteiger partial charge < -0.3 is 10.1 Å². The molecule has 0 aliphatic carbocycles. The van der Waals surface area contributed by atoms with E-state index >= 15 is 0 Å². The van der Waals surface area contributed by atoms with E-state index in [1.807, 2.05) is 6.07 Å². The van der Waals surface area contributed by atoms with Crippen molar-refractivity contribution < 1.29 is 4.74 Å². The highest BCUT2D eigenvalue weighted by molar-refractivity contribution is 9.10. The van der Waals surface area contributed by atoms with Crippen molar-refractivity contribution in [2.24, 2.45) is 0 Å². The van der Waals surface area contributed by atoms with Gasteiger partial charge in [-0.3, -0.25) is 4.90 Å². The lowest BCUT2D eigenvalue weighted by molar-refractivity contribution is 0.0761. The molecule has 1 aliphatic rings. The smallest absolute Gasteiger partial charge is 0.0702 e. The Labute approximate surface area is 124 Å². The molecule has 106 valence electrons. The molecule has 4 heteroatoms. The van der Waals surface area contributed by atoms with Crippen LogP contribution in [0.5, 0.6) is 0 Å². The van der Waals surface area contributed by atoms with Crippen LogP contribution in [-0.4, -0.2) is 43.8 Å². The molecule has 19 heavy (non-hydrogen) atoms. The van der Waals surface area contributed by atoms with Crippen LogP contribution < -0.4 is 5.32 Å². The number of nitrogens with zero attached hydrogens (tertiary/aromatic N) is 1. The summed E-state index contributed by atoms with van der Waals surface area (Å²) >= 11 is 3.56. The summed E-state index contributed by atoms with van der Waals surface area (Å²) in [4.78, 5) is 2.46. The van der Waals surface area contributed by atoms with Crippen LogP contribution in [0, 0.1) is 0 Å². The molecular weight excluding hydrogens is 304 g/mol. The largest absolute Gasteiger partial charge is 0.383 e. The van der Waals surface area contributed by atoms with E-state index in [0.29, 0.717) is 6.10 Å². The first-order valence-electron chi connectivity index (χ1n) is 7.12. The van der Waals surface area contributed by atoms with Crippen molar-refractivity contribution in [3.8, 4) is 0 Å². The highest BCUT2D eigenvalue weighted by Crippen LogP contribution is 2.20. The van der Waals surface area contributed by atoms with Gasteiger partial charge in [0.1, 0.15) is 0 Å². The van der Waals surface area contributed by atoms with Crippen molar-refractivity contribution in [2.75, 3.05) is 38.1 Å². The van der Waals surface area contributed by atoms with Crippen molar-refractivity contribution in [3.63, 3.8) is 0 Å². The molecule has 1 heterocycles. The molecule has 1 fully saturated rings. The molecule has 1 N–H and O–H groups in total. The maximum Gasteiger partial charge on any atom is 0.0702 e. The summed E-state index contributed by atoms with van der Waals surface area (Å²) in [5.74, 6) is 0. The van der Waals surface area contributed by atoms with Crippen LogP contribution in [0.25, 0.3) is 0 Å². The maximum atomic E-state index is 5.70. The van der Waals surface area contributed by atoms with E-state index in [9.17, 15) is 0 Å². The number of ether oxygens (including phenoxy) is 1. The van der Waals surface area contributed by atoms with Gasteiger partial charge in [0.05, 0.1) is 6.10 Å². The fourth-order valence-corrected chi connectivity index (χ4v) is 2.83. The molecule has 0 aromatic heterocycles. The average molecular weight is 327 g/mol. The molecular formula is C15H23BrN2O. The number of rotatable bonds is 7. The molecule has 3 nitrogen and oxygen atoms in total. The summed E-state index contributed by atoms with van der Waals surface area (Å²) in [7, 11) is 0. The zero-order chi connectivity index (χ0) is 13.5. The highest BCUT2D eigenvalue weighted by Gasteiger charge is 2.18. The minimum Gasteiger partial charge on any atom is -0.383 e. The van der Waals surface area contributed by atoms with Gasteiger partial charge >= 0.3 is 0 Å². The second-order valence-electron chi connectivity index (χ2n) is 4.93. The molecule has 1 saturated heterocycles. The monoisotopic (exact) mass is 326 g/mol. The van der Waals surface area contributed by atoms with Crippen LogP contribution in [0.3, 0.4) is 0 Å². The fourth-order valence-electron chi connectivity index (χ4n) is 2.41.